The van der Waals surface area contributed by atoms with Crippen molar-refractivity contribution in [1.82, 2.24) is 14.9 Å². The van der Waals surface area contributed by atoms with E-state index in [0.717, 1.165) is 28.3 Å². The van der Waals surface area contributed by atoms with Crippen molar-refractivity contribution in [2.75, 3.05) is 23.9 Å². The predicted octanol–water partition coefficient (Wildman–Crippen LogP) is 6.60. The zero-order valence-corrected chi connectivity index (χ0v) is 26.7. The second kappa shape index (κ2) is 13.3. The van der Waals surface area contributed by atoms with Crippen molar-refractivity contribution in [2.45, 2.75) is 25.9 Å². The van der Waals surface area contributed by atoms with E-state index in [-0.39, 0.29) is 30.3 Å². The van der Waals surface area contributed by atoms with E-state index in [9.17, 15) is 14.9 Å². The lowest BCUT2D eigenvalue weighted by atomic mass is 9.96. The van der Waals surface area contributed by atoms with E-state index in [1.165, 1.54) is 19.2 Å². The molecule has 47 heavy (non-hydrogen) atoms. The number of nitro benzene ring substituents is 1. The van der Waals surface area contributed by atoms with Crippen LogP contribution in [0.3, 0.4) is 0 Å². The lowest BCUT2D eigenvalue weighted by molar-refractivity contribution is -0.384. The maximum atomic E-state index is 12.6. The summed E-state index contributed by atoms with van der Waals surface area (Å²) in [4.78, 5) is 30.3. The van der Waals surface area contributed by atoms with Gasteiger partial charge >= 0.3 is 0 Å². The topological polar surface area (TPSA) is 124 Å². The van der Waals surface area contributed by atoms with Crippen molar-refractivity contribution >= 4 is 40.3 Å². The molecule has 0 aliphatic carbocycles. The van der Waals surface area contributed by atoms with Gasteiger partial charge in [0.1, 0.15) is 11.5 Å². The number of amides is 1. The number of ether oxygens (including phenoxy) is 2. The molecule has 0 radical (unpaired) electrons. The molecular formula is C35H32N6O5S. The summed E-state index contributed by atoms with van der Waals surface area (Å²) < 4.78 is 13.2. The summed E-state index contributed by atoms with van der Waals surface area (Å²) in [6.45, 7) is 3.88. The summed E-state index contributed by atoms with van der Waals surface area (Å²) in [5, 5.41) is 18.3. The number of nitrogens with zero attached hydrogens (tertiary/aromatic N) is 4. The van der Waals surface area contributed by atoms with Crippen molar-refractivity contribution in [1.29, 1.82) is 0 Å². The van der Waals surface area contributed by atoms with Crippen LogP contribution in [0.1, 0.15) is 34.7 Å². The van der Waals surface area contributed by atoms with Crippen LogP contribution < -0.4 is 25.0 Å². The summed E-state index contributed by atoms with van der Waals surface area (Å²) in [6, 6.07) is 28.5. The molecule has 238 valence electrons. The van der Waals surface area contributed by atoms with Crippen molar-refractivity contribution < 1.29 is 19.2 Å². The molecule has 1 aliphatic rings. The Labute approximate surface area is 276 Å². The Bertz CT molecular complexity index is 1930. The van der Waals surface area contributed by atoms with Gasteiger partial charge in [-0.05, 0) is 92.3 Å². The van der Waals surface area contributed by atoms with Crippen molar-refractivity contribution in [3.05, 3.63) is 136 Å². The quantitative estimate of drug-likeness (QED) is 0.0979. The highest BCUT2D eigenvalue weighted by Crippen LogP contribution is 2.44. The molecule has 1 amide bonds. The smallest absolute Gasteiger partial charge is 0.273 e. The number of nitro groups is 1. The summed E-state index contributed by atoms with van der Waals surface area (Å²) in [6.07, 6.45) is 1.75. The standard InChI is InChI=1S/C35H32N6O5S/c1-22-19-28(23(2)39(22)30-17-16-26(41(43)44)20-31(30)45-3)34-33(29-11-7-8-18-36-29)38-35(47)40(34)25-14-12-24(13-15-25)37-32(42)21-46-27-9-5-4-6-10-27/h4-20,33-34H,21H2,1-3H3,(H,37,42)(H,38,47)/t33-,34+/m0/s1. The van der Waals surface area contributed by atoms with Crippen LogP contribution in [0.15, 0.2) is 103 Å². The fourth-order valence-corrected chi connectivity index (χ4v) is 6.29. The molecular weight excluding hydrogens is 616 g/mol. The number of rotatable bonds is 10. The molecule has 2 N–H and O–H groups in total. The number of aromatic nitrogens is 2. The normalized spacial score (nSPS) is 15.6. The molecule has 0 spiro atoms. The first kappa shape index (κ1) is 31.2. The number of carbonyl (C=O) groups is 1. The molecule has 6 rings (SSSR count). The second-order valence-corrected chi connectivity index (χ2v) is 11.4. The second-order valence-electron chi connectivity index (χ2n) is 11.0. The highest BCUT2D eigenvalue weighted by Gasteiger charge is 2.42. The molecule has 1 aliphatic heterocycles. The van der Waals surface area contributed by atoms with Gasteiger partial charge in [0.2, 0.25) is 0 Å². The van der Waals surface area contributed by atoms with Crippen LogP contribution >= 0.6 is 12.2 Å². The van der Waals surface area contributed by atoms with Gasteiger partial charge in [-0.15, -0.1) is 0 Å². The number of benzene rings is 3. The number of hydrogen-bond acceptors (Lipinski definition) is 7. The number of hydrogen-bond donors (Lipinski definition) is 2. The number of nitrogens with one attached hydrogen (secondary N) is 2. The number of methoxy groups -OCH3 is 1. The zero-order chi connectivity index (χ0) is 33.1. The zero-order valence-electron chi connectivity index (χ0n) is 25.9. The van der Waals surface area contributed by atoms with Crippen molar-refractivity contribution in [2.24, 2.45) is 0 Å². The number of pyridine rings is 1. The molecule has 11 nitrogen and oxygen atoms in total. The maximum absolute atomic E-state index is 12.6. The summed E-state index contributed by atoms with van der Waals surface area (Å²) in [5.74, 6) is 0.729. The van der Waals surface area contributed by atoms with Gasteiger partial charge in [0.15, 0.2) is 11.7 Å². The summed E-state index contributed by atoms with van der Waals surface area (Å²) in [5.41, 5.74) is 5.71. The van der Waals surface area contributed by atoms with Gasteiger partial charge in [0.25, 0.3) is 11.6 Å². The number of aryl methyl sites for hydroxylation is 1. The Hall–Kier alpha value is -5.75. The molecule has 3 heterocycles. The van der Waals surface area contributed by atoms with E-state index >= 15 is 0 Å². The lowest BCUT2D eigenvalue weighted by Gasteiger charge is -2.28. The van der Waals surface area contributed by atoms with Crippen LogP contribution in [0.25, 0.3) is 5.69 Å². The van der Waals surface area contributed by atoms with Crippen LogP contribution in [-0.2, 0) is 4.79 Å². The SMILES string of the molecule is COc1cc([N+](=O)[O-])ccc1-n1c(C)cc([C@@H]2[C@H](c3ccccn3)NC(=S)N2c2ccc(NC(=O)COc3ccccc3)cc2)c1C. The van der Waals surface area contributed by atoms with Gasteiger partial charge in [-0.25, -0.2) is 0 Å². The first-order valence-corrected chi connectivity index (χ1v) is 15.3. The lowest BCUT2D eigenvalue weighted by Crippen LogP contribution is -2.29. The highest BCUT2D eigenvalue weighted by molar-refractivity contribution is 7.80. The monoisotopic (exact) mass is 648 g/mol. The minimum absolute atomic E-state index is 0.0524. The van der Waals surface area contributed by atoms with Gasteiger partial charge in [-0.2, -0.15) is 0 Å². The van der Waals surface area contributed by atoms with E-state index in [2.05, 4.69) is 26.6 Å². The number of para-hydroxylation sites is 1. The van der Waals surface area contributed by atoms with Crippen LogP contribution in [0.4, 0.5) is 17.1 Å². The molecule has 0 saturated carbocycles. The Morgan fingerprint density at radius 1 is 1.02 bits per heavy atom. The number of thiocarbonyl (C=S) groups is 1. The third-order valence-electron chi connectivity index (χ3n) is 8.04. The highest BCUT2D eigenvalue weighted by atomic mass is 32.1. The minimum Gasteiger partial charge on any atom is -0.494 e. The van der Waals surface area contributed by atoms with Gasteiger partial charge in [0.05, 0.1) is 41.6 Å². The van der Waals surface area contributed by atoms with Gasteiger partial charge in [-0.1, -0.05) is 24.3 Å². The first-order chi connectivity index (χ1) is 22.7. The molecule has 2 aromatic heterocycles. The molecule has 1 fully saturated rings. The third-order valence-corrected chi connectivity index (χ3v) is 8.36. The third kappa shape index (κ3) is 6.36. The van der Waals surface area contributed by atoms with E-state index in [0.29, 0.717) is 28.0 Å². The molecule has 12 heteroatoms. The van der Waals surface area contributed by atoms with Crippen LogP contribution in [0.5, 0.6) is 11.5 Å². The Morgan fingerprint density at radius 2 is 1.77 bits per heavy atom. The van der Waals surface area contributed by atoms with Crippen LogP contribution in [0.2, 0.25) is 0 Å². The van der Waals surface area contributed by atoms with Crippen molar-refractivity contribution in [3.8, 4) is 17.2 Å². The Kier molecular flexibility index (Phi) is 8.85. The molecule has 0 bridgehead atoms. The molecule has 0 unspecified atom stereocenters. The minimum atomic E-state index is -0.442. The van der Waals surface area contributed by atoms with Gasteiger partial charge in [-0.3, -0.25) is 19.9 Å². The number of carbonyl (C=O) groups excluding carboxylic acids is 1. The molecule has 5 aromatic rings. The number of non-ortho nitro benzene ring substituents is 1. The molecule has 1 saturated heterocycles. The van der Waals surface area contributed by atoms with Crippen LogP contribution in [0, 0.1) is 24.0 Å². The fourth-order valence-electron chi connectivity index (χ4n) is 5.94. The first-order valence-electron chi connectivity index (χ1n) is 14.8. The Balaban J connectivity index is 1.33. The average molecular weight is 649 g/mol. The van der Waals surface area contributed by atoms with E-state index in [4.69, 9.17) is 21.7 Å². The molecule has 2 atom stereocenters. The van der Waals surface area contributed by atoms with Gasteiger partial charge in [0, 0.05) is 35.0 Å². The predicted molar refractivity (Wildman–Crippen MR) is 183 cm³/mol. The Morgan fingerprint density at radius 3 is 2.45 bits per heavy atom. The fraction of sp³-hybridized carbons (Fsp3) is 0.171. The maximum Gasteiger partial charge on any atom is 0.273 e. The largest absolute Gasteiger partial charge is 0.494 e. The van der Waals surface area contributed by atoms with E-state index in [1.807, 2.05) is 79.1 Å². The summed E-state index contributed by atoms with van der Waals surface area (Å²) in [7, 11) is 1.50. The van der Waals surface area contributed by atoms with E-state index < -0.39 is 4.92 Å². The number of anilines is 2. The molecule has 3 aromatic carbocycles. The van der Waals surface area contributed by atoms with Gasteiger partial charge < -0.3 is 29.6 Å². The van der Waals surface area contributed by atoms with Crippen molar-refractivity contribution in [3.63, 3.8) is 0 Å². The summed E-state index contributed by atoms with van der Waals surface area (Å²) >= 11 is 5.93. The van der Waals surface area contributed by atoms with E-state index in [1.54, 1.807) is 24.4 Å². The van der Waals surface area contributed by atoms with Crippen LogP contribution in [-0.4, -0.2) is 39.2 Å². The average Bonchev–Trinajstić information content (AvgIpc) is 3.58.